The standard InChI is InChI=1S/C11H17ClN6O2/c12-9-15-10(14-6-7(19)8(13)20)17-11(16-9)18-4-2-1-3-5-18/h7,19H,1-6H2,(H2,13,20)(H,14,15,16,17). The molecule has 1 saturated heterocycles. The van der Waals surface area contributed by atoms with Crippen molar-refractivity contribution in [3.63, 3.8) is 0 Å². The van der Waals surface area contributed by atoms with Crippen LogP contribution in [0.2, 0.25) is 5.28 Å². The van der Waals surface area contributed by atoms with E-state index in [1.54, 1.807) is 0 Å². The largest absolute Gasteiger partial charge is 0.381 e. The normalized spacial score (nSPS) is 16.8. The molecular weight excluding hydrogens is 284 g/mol. The number of nitrogens with one attached hydrogen (secondary N) is 1. The molecule has 9 heteroatoms. The van der Waals surface area contributed by atoms with Gasteiger partial charge in [-0.05, 0) is 30.9 Å². The number of nitrogens with zero attached hydrogens (tertiary/aromatic N) is 4. The van der Waals surface area contributed by atoms with E-state index >= 15 is 0 Å². The Labute approximate surface area is 121 Å². The van der Waals surface area contributed by atoms with Gasteiger partial charge < -0.3 is 21.1 Å². The third kappa shape index (κ3) is 3.91. The summed E-state index contributed by atoms with van der Waals surface area (Å²) in [5, 5.41) is 12.1. The number of aliphatic hydroxyl groups excluding tert-OH is 1. The van der Waals surface area contributed by atoms with Crippen molar-refractivity contribution in [3.05, 3.63) is 5.28 Å². The van der Waals surface area contributed by atoms with E-state index in [2.05, 4.69) is 20.3 Å². The number of hydrogen-bond donors (Lipinski definition) is 3. The number of halogens is 1. The molecule has 0 spiro atoms. The number of piperidine rings is 1. The minimum Gasteiger partial charge on any atom is -0.381 e. The number of aromatic nitrogens is 3. The number of hydrogen-bond acceptors (Lipinski definition) is 7. The summed E-state index contributed by atoms with van der Waals surface area (Å²) in [5.41, 5.74) is 4.96. The van der Waals surface area contributed by atoms with Crippen molar-refractivity contribution in [2.75, 3.05) is 29.9 Å². The van der Waals surface area contributed by atoms with Gasteiger partial charge in [0.25, 0.3) is 0 Å². The molecule has 0 saturated carbocycles. The van der Waals surface area contributed by atoms with Crippen LogP contribution in [0.15, 0.2) is 0 Å². The van der Waals surface area contributed by atoms with Crippen molar-refractivity contribution in [2.45, 2.75) is 25.4 Å². The van der Waals surface area contributed by atoms with Crippen molar-refractivity contribution in [1.29, 1.82) is 0 Å². The van der Waals surface area contributed by atoms with Gasteiger partial charge in [0, 0.05) is 13.1 Å². The first-order chi connectivity index (χ1) is 9.56. The third-order valence-corrected chi connectivity index (χ3v) is 3.19. The van der Waals surface area contributed by atoms with Crippen LogP contribution in [0.3, 0.4) is 0 Å². The second kappa shape index (κ2) is 6.67. The summed E-state index contributed by atoms with van der Waals surface area (Å²) in [4.78, 5) is 25.0. The predicted molar refractivity (Wildman–Crippen MR) is 74.6 cm³/mol. The predicted octanol–water partition coefficient (Wildman–Crippen LogP) is -0.227. The van der Waals surface area contributed by atoms with E-state index in [1.807, 2.05) is 4.90 Å². The minimum absolute atomic E-state index is 0.0663. The van der Waals surface area contributed by atoms with Crippen LogP contribution in [0.5, 0.6) is 0 Å². The van der Waals surface area contributed by atoms with Crippen LogP contribution in [0.25, 0.3) is 0 Å². The lowest BCUT2D eigenvalue weighted by Crippen LogP contribution is -2.35. The maximum atomic E-state index is 10.7. The Morgan fingerprint density at radius 2 is 2.05 bits per heavy atom. The zero-order valence-electron chi connectivity index (χ0n) is 10.9. The molecule has 1 aromatic rings. The topological polar surface area (TPSA) is 117 Å². The van der Waals surface area contributed by atoms with E-state index < -0.39 is 12.0 Å². The summed E-state index contributed by atoms with van der Waals surface area (Å²) in [6.45, 7) is 1.68. The first-order valence-electron chi connectivity index (χ1n) is 6.44. The molecular formula is C11H17ClN6O2. The van der Waals surface area contributed by atoms with Gasteiger partial charge in [0.15, 0.2) is 0 Å². The van der Waals surface area contributed by atoms with Gasteiger partial charge in [0.05, 0.1) is 6.54 Å². The number of primary amides is 1. The lowest BCUT2D eigenvalue weighted by Gasteiger charge is -2.26. The number of nitrogens with two attached hydrogens (primary N) is 1. The molecule has 8 nitrogen and oxygen atoms in total. The highest BCUT2D eigenvalue weighted by atomic mass is 35.5. The van der Waals surface area contributed by atoms with E-state index in [0.29, 0.717) is 5.95 Å². The Balaban J connectivity index is 2.05. The van der Waals surface area contributed by atoms with Gasteiger partial charge in [-0.1, -0.05) is 0 Å². The molecule has 20 heavy (non-hydrogen) atoms. The molecule has 1 aliphatic rings. The van der Waals surface area contributed by atoms with E-state index in [-0.39, 0.29) is 17.8 Å². The summed E-state index contributed by atoms with van der Waals surface area (Å²) in [6.07, 6.45) is 2.08. The van der Waals surface area contributed by atoms with Gasteiger partial charge >= 0.3 is 0 Å². The van der Waals surface area contributed by atoms with Gasteiger partial charge in [0.1, 0.15) is 6.10 Å². The number of carbonyl (C=O) groups excluding carboxylic acids is 1. The number of rotatable bonds is 5. The molecule has 1 fully saturated rings. The molecule has 0 bridgehead atoms. The molecule has 0 radical (unpaired) electrons. The second-order valence-corrected chi connectivity index (χ2v) is 4.91. The number of aliphatic hydroxyl groups is 1. The molecule has 4 N–H and O–H groups in total. The van der Waals surface area contributed by atoms with Crippen LogP contribution in [0.1, 0.15) is 19.3 Å². The summed E-state index contributed by atoms with van der Waals surface area (Å²) in [6, 6.07) is 0. The summed E-state index contributed by atoms with van der Waals surface area (Å²) < 4.78 is 0. The minimum atomic E-state index is -1.30. The first kappa shape index (κ1) is 14.7. The molecule has 1 atom stereocenters. The molecule has 2 heterocycles. The van der Waals surface area contributed by atoms with Gasteiger partial charge in [-0.15, -0.1) is 0 Å². The quantitative estimate of drug-likeness (QED) is 0.687. The van der Waals surface area contributed by atoms with Crippen LogP contribution < -0.4 is 16.0 Å². The maximum Gasteiger partial charge on any atom is 0.248 e. The van der Waals surface area contributed by atoms with Crippen LogP contribution in [0, 0.1) is 0 Å². The highest BCUT2D eigenvalue weighted by Gasteiger charge is 2.16. The lowest BCUT2D eigenvalue weighted by atomic mass is 10.1. The molecule has 0 aromatic carbocycles. The van der Waals surface area contributed by atoms with Crippen molar-refractivity contribution in [2.24, 2.45) is 5.73 Å². The molecule has 110 valence electrons. The highest BCUT2D eigenvalue weighted by Crippen LogP contribution is 2.18. The number of anilines is 2. The van der Waals surface area contributed by atoms with Crippen molar-refractivity contribution in [3.8, 4) is 0 Å². The Morgan fingerprint density at radius 1 is 1.35 bits per heavy atom. The fraction of sp³-hybridized carbons (Fsp3) is 0.636. The van der Waals surface area contributed by atoms with Gasteiger partial charge in [-0.25, -0.2) is 0 Å². The third-order valence-electron chi connectivity index (χ3n) is 3.02. The van der Waals surface area contributed by atoms with Crippen LogP contribution >= 0.6 is 11.6 Å². The first-order valence-corrected chi connectivity index (χ1v) is 6.82. The monoisotopic (exact) mass is 300 g/mol. The fourth-order valence-electron chi connectivity index (χ4n) is 1.94. The zero-order chi connectivity index (χ0) is 14.5. The molecule has 1 aromatic heterocycles. The van der Waals surface area contributed by atoms with Gasteiger partial charge in [0.2, 0.25) is 23.1 Å². The van der Waals surface area contributed by atoms with E-state index in [4.69, 9.17) is 17.3 Å². The zero-order valence-corrected chi connectivity index (χ0v) is 11.7. The molecule has 1 amide bonds. The maximum absolute atomic E-state index is 10.7. The van der Waals surface area contributed by atoms with Crippen LogP contribution in [-0.2, 0) is 4.79 Å². The second-order valence-electron chi connectivity index (χ2n) is 4.57. The Morgan fingerprint density at radius 3 is 2.70 bits per heavy atom. The average molecular weight is 301 g/mol. The van der Waals surface area contributed by atoms with Crippen molar-refractivity contribution in [1.82, 2.24) is 15.0 Å². The Bertz CT molecular complexity index is 480. The van der Waals surface area contributed by atoms with Gasteiger partial charge in [-0.2, -0.15) is 15.0 Å². The molecule has 1 aliphatic heterocycles. The molecule has 2 rings (SSSR count). The van der Waals surface area contributed by atoms with E-state index in [9.17, 15) is 9.90 Å². The van der Waals surface area contributed by atoms with Crippen molar-refractivity contribution < 1.29 is 9.90 Å². The van der Waals surface area contributed by atoms with Crippen LogP contribution in [0.4, 0.5) is 11.9 Å². The van der Waals surface area contributed by atoms with E-state index in [0.717, 1.165) is 25.9 Å². The molecule has 1 unspecified atom stereocenters. The number of carbonyl (C=O) groups is 1. The van der Waals surface area contributed by atoms with Gasteiger partial charge in [-0.3, -0.25) is 4.79 Å². The highest BCUT2D eigenvalue weighted by molar-refractivity contribution is 6.28. The average Bonchev–Trinajstić information content (AvgIpc) is 2.45. The number of amides is 1. The Hall–Kier alpha value is -1.67. The molecule has 0 aliphatic carbocycles. The summed E-state index contributed by atoms with van der Waals surface area (Å²) >= 11 is 5.86. The SMILES string of the molecule is NC(=O)C(O)CNc1nc(Cl)nc(N2CCCCC2)n1. The van der Waals surface area contributed by atoms with Crippen molar-refractivity contribution >= 4 is 29.4 Å². The lowest BCUT2D eigenvalue weighted by molar-refractivity contribution is -0.125. The summed E-state index contributed by atoms with van der Waals surface area (Å²) in [5.74, 6) is -0.0967. The Kier molecular flexibility index (Phi) is 4.91. The summed E-state index contributed by atoms with van der Waals surface area (Å²) in [7, 11) is 0. The smallest absolute Gasteiger partial charge is 0.248 e. The fourth-order valence-corrected chi connectivity index (χ4v) is 2.10. The van der Waals surface area contributed by atoms with E-state index in [1.165, 1.54) is 6.42 Å². The van der Waals surface area contributed by atoms with Crippen LogP contribution in [-0.4, -0.2) is 51.7 Å².